The zero-order valence-corrected chi connectivity index (χ0v) is 12.2. The predicted octanol–water partition coefficient (Wildman–Crippen LogP) is 4.45. The zero-order chi connectivity index (χ0) is 14.0. The van der Waals surface area contributed by atoms with Crippen LogP contribution in [0.2, 0.25) is 0 Å². The fourth-order valence-electron chi connectivity index (χ4n) is 2.23. The average Bonchev–Trinajstić information content (AvgIpc) is 2.38. The van der Waals surface area contributed by atoms with Crippen LogP contribution in [0.4, 0.5) is 0 Å². The Balaban J connectivity index is 2.42. The number of aryl methyl sites for hydroxylation is 1. The van der Waals surface area contributed by atoms with Crippen molar-refractivity contribution in [2.75, 3.05) is 0 Å². The molecule has 0 amide bonds. The van der Waals surface area contributed by atoms with Crippen molar-refractivity contribution < 1.29 is 5.11 Å². The molecule has 0 spiro atoms. The first kappa shape index (κ1) is 13.8. The van der Waals surface area contributed by atoms with Gasteiger partial charge in [0.05, 0.1) is 6.61 Å². The third-order valence-corrected chi connectivity index (χ3v) is 3.55. The summed E-state index contributed by atoms with van der Waals surface area (Å²) in [6, 6.07) is 14.8. The van der Waals surface area contributed by atoms with E-state index in [1.165, 1.54) is 22.3 Å². The molecule has 1 nitrogen and oxygen atoms in total. The summed E-state index contributed by atoms with van der Waals surface area (Å²) < 4.78 is 0. The van der Waals surface area contributed by atoms with Crippen LogP contribution in [-0.2, 0) is 12.0 Å². The molecule has 0 unspecified atom stereocenters. The molecule has 0 bridgehead atoms. The third kappa shape index (κ3) is 3.05. The zero-order valence-electron chi connectivity index (χ0n) is 12.2. The van der Waals surface area contributed by atoms with Crippen molar-refractivity contribution in [2.45, 2.75) is 39.7 Å². The number of hydrogen-bond donors (Lipinski definition) is 1. The lowest BCUT2D eigenvalue weighted by molar-refractivity contribution is 0.282. The van der Waals surface area contributed by atoms with Crippen LogP contribution in [-0.4, -0.2) is 5.11 Å². The maximum Gasteiger partial charge on any atom is 0.0682 e. The Bertz CT molecular complexity index is 559. The minimum atomic E-state index is 0.0906. The lowest BCUT2D eigenvalue weighted by Gasteiger charge is -2.19. The molecule has 0 saturated carbocycles. The van der Waals surface area contributed by atoms with Crippen LogP contribution in [0.1, 0.15) is 37.5 Å². The minimum Gasteiger partial charge on any atom is -0.392 e. The number of rotatable bonds is 2. The summed E-state index contributed by atoms with van der Waals surface area (Å²) in [5.41, 5.74) is 6.13. The van der Waals surface area contributed by atoms with E-state index in [1.807, 2.05) is 6.07 Å². The standard InChI is InChI=1S/C18H22O/c1-13-5-6-14(12-19)11-17(13)15-7-9-16(10-8-15)18(2,3)4/h5-11,19H,12H2,1-4H3. The van der Waals surface area contributed by atoms with Crippen LogP contribution < -0.4 is 0 Å². The van der Waals surface area contributed by atoms with E-state index in [-0.39, 0.29) is 12.0 Å². The van der Waals surface area contributed by atoms with Crippen LogP contribution >= 0.6 is 0 Å². The fourth-order valence-corrected chi connectivity index (χ4v) is 2.23. The quantitative estimate of drug-likeness (QED) is 0.839. The predicted molar refractivity (Wildman–Crippen MR) is 81.2 cm³/mol. The molecule has 0 aliphatic rings. The van der Waals surface area contributed by atoms with Gasteiger partial charge in [-0.1, -0.05) is 57.2 Å². The molecular weight excluding hydrogens is 232 g/mol. The molecule has 0 radical (unpaired) electrons. The number of aliphatic hydroxyl groups excluding tert-OH is 1. The van der Waals surface area contributed by atoms with E-state index in [1.54, 1.807) is 0 Å². The minimum absolute atomic E-state index is 0.0906. The van der Waals surface area contributed by atoms with Gasteiger partial charge in [-0.2, -0.15) is 0 Å². The van der Waals surface area contributed by atoms with Crippen LogP contribution in [0.25, 0.3) is 11.1 Å². The molecule has 0 saturated heterocycles. The highest BCUT2D eigenvalue weighted by atomic mass is 16.3. The Kier molecular flexibility index (Phi) is 3.77. The number of hydrogen-bond acceptors (Lipinski definition) is 1. The van der Waals surface area contributed by atoms with Crippen molar-refractivity contribution in [2.24, 2.45) is 0 Å². The normalized spacial score (nSPS) is 11.6. The smallest absolute Gasteiger partial charge is 0.0682 e. The Hall–Kier alpha value is -1.60. The van der Waals surface area contributed by atoms with Crippen molar-refractivity contribution >= 4 is 0 Å². The molecule has 0 atom stereocenters. The topological polar surface area (TPSA) is 20.2 Å². The second-order valence-corrected chi connectivity index (χ2v) is 6.13. The molecule has 1 heteroatoms. The molecule has 0 aliphatic heterocycles. The van der Waals surface area contributed by atoms with Gasteiger partial charge in [-0.25, -0.2) is 0 Å². The van der Waals surface area contributed by atoms with Crippen molar-refractivity contribution in [1.82, 2.24) is 0 Å². The Morgan fingerprint density at radius 3 is 2.11 bits per heavy atom. The fraction of sp³-hybridized carbons (Fsp3) is 0.333. The van der Waals surface area contributed by atoms with Crippen molar-refractivity contribution in [3.63, 3.8) is 0 Å². The molecule has 0 aromatic heterocycles. The maximum atomic E-state index is 9.25. The van der Waals surface area contributed by atoms with Gasteiger partial charge >= 0.3 is 0 Å². The van der Waals surface area contributed by atoms with E-state index >= 15 is 0 Å². The second-order valence-electron chi connectivity index (χ2n) is 6.13. The first-order chi connectivity index (χ1) is 8.91. The van der Waals surface area contributed by atoms with Gasteiger partial charge in [0.1, 0.15) is 0 Å². The molecule has 0 fully saturated rings. The van der Waals surface area contributed by atoms with Crippen LogP contribution in [0.15, 0.2) is 42.5 Å². The molecule has 1 N–H and O–H groups in total. The molecule has 19 heavy (non-hydrogen) atoms. The molecule has 2 rings (SSSR count). The van der Waals surface area contributed by atoms with E-state index in [9.17, 15) is 5.11 Å². The largest absolute Gasteiger partial charge is 0.392 e. The summed E-state index contributed by atoms with van der Waals surface area (Å²) >= 11 is 0. The lowest BCUT2D eigenvalue weighted by Crippen LogP contribution is -2.10. The summed E-state index contributed by atoms with van der Waals surface area (Å²) in [7, 11) is 0. The van der Waals surface area contributed by atoms with Crippen LogP contribution in [0, 0.1) is 6.92 Å². The summed E-state index contributed by atoms with van der Waals surface area (Å²) in [6.07, 6.45) is 0. The van der Waals surface area contributed by atoms with Crippen LogP contribution in [0.3, 0.4) is 0 Å². The van der Waals surface area contributed by atoms with Crippen LogP contribution in [0.5, 0.6) is 0 Å². The van der Waals surface area contributed by atoms with E-state index in [0.29, 0.717) is 0 Å². The van der Waals surface area contributed by atoms with Crippen molar-refractivity contribution in [1.29, 1.82) is 0 Å². The van der Waals surface area contributed by atoms with Crippen molar-refractivity contribution in [3.8, 4) is 11.1 Å². The second kappa shape index (κ2) is 5.18. The van der Waals surface area contributed by atoms with Gasteiger partial charge in [0.25, 0.3) is 0 Å². The Morgan fingerprint density at radius 2 is 1.58 bits per heavy atom. The molecule has 2 aromatic carbocycles. The SMILES string of the molecule is Cc1ccc(CO)cc1-c1ccc(C(C)(C)C)cc1. The molecule has 0 heterocycles. The first-order valence-corrected chi connectivity index (χ1v) is 6.73. The summed E-state index contributed by atoms with van der Waals surface area (Å²) in [4.78, 5) is 0. The van der Waals surface area contributed by atoms with Gasteiger partial charge in [0.2, 0.25) is 0 Å². The highest BCUT2D eigenvalue weighted by molar-refractivity contribution is 5.68. The highest BCUT2D eigenvalue weighted by Crippen LogP contribution is 2.28. The summed E-state index contributed by atoms with van der Waals surface area (Å²) in [5.74, 6) is 0. The van der Waals surface area contributed by atoms with E-state index in [4.69, 9.17) is 0 Å². The lowest BCUT2D eigenvalue weighted by atomic mass is 9.86. The number of benzene rings is 2. The van der Waals surface area contributed by atoms with Gasteiger partial charge in [-0.3, -0.25) is 0 Å². The van der Waals surface area contributed by atoms with Gasteiger partial charge in [-0.05, 0) is 46.2 Å². The van der Waals surface area contributed by atoms with E-state index < -0.39 is 0 Å². The first-order valence-electron chi connectivity index (χ1n) is 6.73. The Morgan fingerprint density at radius 1 is 0.947 bits per heavy atom. The summed E-state index contributed by atoms with van der Waals surface area (Å²) in [6.45, 7) is 8.86. The van der Waals surface area contributed by atoms with Gasteiger partial charge in [-0.15, -0.1) is 0 Å². The average molecular weight is 254 g/mol. The molecular formula is C18H22O. The highest BCUT2D eigenvalue weighted by Gasteiger charge is 2.13. The summed E-state index contributed by atoms with van der Waals surface area (Å²) in [5, 5.41) is 9.25. The van der Waals surface area contributed by atoms with E-state index in [0.717, 1.165) is 5.56 Å². The van der Waals surface area contributed by atoms with Gasteiger partial charge < -0.3 is 5.11 Å². The Labute approximate surface area is 115 Å². The molecule has 2 aromatic rings. The monoisotopic (exact) mass is 254 g/mol. The molecule has 100 valence electrons. The van der Waals surface area contributed by atoms with Crippen molar-refractivity contribution in [3.05, 3.63) is 59.2 Å². The number of aliphatic hydroxyl groups is 1. The van der Waals surface area contributed by atoms with Gasteiger partial charge in [0.15, 0.2) is 0 Å². The van der Waals surface area contributed by atoms with Gasteiger partial charge in [0, 0.05) is 0 Å². The maximum absolute atomic E-state index is 9.25. The van der Waals surface area contributed by atoms with E-state index in [2.05, 4.69) is 64.1 Å². The molecule has 0 aliphatic carbocycles. The third-order valence-electron chi connectivity index (χ3n) is 3.55.